The summed E-state index contributed by atoms with van der Waals surface area (Å²) in [6, 6.07) is 7.41. The van der Waals surface area contributed by atoms with Gasteiger partial charge in [-0.15, -0.1) is 0 Å². The molecule has 2 rings (SSSR count). The van der Waals surface area contributed by atoms with Crippen LogP contribution in [0.15, 0.2) is 28.7 Å². The van der Waals surface area contributed by atoms with E-state index in [0.717, 1.165) is 21.6 Å². The smallest absolute Gasteiger partial charge is 0.366 e. The van der Waals surface area contributed by atoms with E-state index in [9.17, 15) is 4.79 Å². The molecule has 0 spiro atoms. The van der Waals surface area contributed by atoms with Crippen molar-refractivity contribution >= 4 is 33.4 Å². The topological polar surface area (TPSA) is 63.1 Å². The highest BCUT2D eigenvalue weighted by Crippen LogP contribution is 2.26. The van der Waals surface area contributed by atoms with Crippen LogP contribution in [0, 0.1) is 0 Å². The second-order valence-electron chi connectivity index (χ2n) is 2.71. The molecule has 0 amide bonds. The molecule has 76 valence electrons. The number of hydrogen-bond acceptors (Lipinski definition) is 4. The first kappa shape index (κ1) is 10.3. The van der Waals surface area contributed by atoms with Crippen LogP contribution in [0.2, 0.25) is 0 Å². The third kappa shape index (κ3) is 2.05. The van der Waals surface area contributed by atoms with Crippen LogP contribution < -0.4 is 0 Å². The molecule has 1 heterocycles. The molecule has 0 saturated carbocycles. The van der Waals surface area contributed by atoms with Crippen molar-refractivity contribution in [2.75, 3.05) is 0 Å². The van der Waals surface area contributed by atoms with Crippen LogP contribution in [0.25, 0.3) is 11.4 Å². The van der Waals surface area contributed by atoms with Gasteiger partial charge in [0.2, 0.25) is 5.01 Å². The minimum absolute atomic E-state index is 0.000697. The number of carboxylic acids is 1. The van der Waals surface area contributed by atoms with Crippen molar-refractivity contribution in [3.63, 3.8) is 0 Å². The zero-order valence-corrected chi connectivity index (χ0v) is 9.75. The number of halogens is 1. The van der Waals surface area contributed by atoms with Gasteiger partial charge in [0.05, 0.1) is 0 Å². The van der Waals surface area contributed by atoms with Gasteiger partial charge < -0.3 is 5.11 Å². The molecule has 0 aliphatic heterocycles. The molecule has 1 aromatic carbocycles. The van der Waals surface area contributed by atoms with Gasteiger partial charge in [-0.2, -0.15) is 4.37 Å². The maximum absolute atomic E-state index is 10.6. The highest BCUT2D eigenvalue weighted by molar-refractivity contribution is 9.10. The molecule has 0 saturated heterocycles. The lowest BCUT2D eigenvalue weighted by Crippen LogP contribution is -1.94. The van der Waals surface area contributed by atoms with Crippen molar-refractivity contribution in [1.29, 1.82) is 0 Å². The van der Waals surface area contributed by atoms with Gasteiger partial charge in [0.25, 0.3) is 0 Å². The Morgan fingerprint density at radius 3 is 2.73 bits per heavy atom. The molecular weight excluding hydrogens is 280 g/mol. The minimum atomic E-state index is -1.05. The lowest BCUT2D eigenvalue weighted by atomic mass is 10.2. The molecule has 0 aliphatic rings. The average molecular weight is 285 g/mol. The minimum Gasteiger partial charge on any atom is -0.476 e. The number of benzene rings is 1. The Bertz CT molecular complexity index is 512. The summed E-state index contributed by atoms with van der Waals surface area (Å²) in [5.41, 5.74) is 0.793. The molecule has 0 aliphatic carbocycles. The van der Waals surface area contributed by atoms with Gasteiger partial charge in [-0.05, 0) is 17.6 Å². The SMILES string of the molecule is O=C(O)c1nc(-c2ccccc2Br)ns1. The summed E-state index contributed by atoms with van der Waals surface area (Å²) in [6.45, 7) is 0. The van der Waals surface area contributed by atoms with Crippen LogP contribution in [0.4, 0.5) is 0 Å². The molecule has 0 radical (unpaired) electrons. The van der Waals surface area contributed by atoms with Crippen molar-refractivity contribution in [3.05, 3.63) is 33.7 Å². The van der Waals surface area contributed by atoms with E-state index < -0.39 is 5.97 Å². The Morgan fingerprint density at radius 1 is 1.40 bits per heavy atom. The van der Waals surface area contributed by atoms with Crippen LogP contribution in [-0.2, 0) is 0 Å². The van der Waals surface area contributed by atoms with Gasteiger partial charge in [-0.1, -0.05) is 34.1 Å². The van der Waals surface area contributed by atoms with E-state index in [2.05, 4.69) is 25.3 Å². The molecule has 6 heteroatoms. The summed E-state index contributed by atoms with van der Waals surface area (Å²) in [5.74, 6) is -0.615. The first-order chi connectivity index (χ1) is 7.18. The van der Waals surface area contributed by atoms with Gasteiger partial charge in [0.15, 0.2) is 5.82 Å². The lowest BCUT2D eigenvalue weighted by Gasteiger charge is -1.97. The predicted octanol–water partition coefficient (Wildman–Crippen LogP) is 2.67. The van der Waals surface area contributed by atoms with E-state index in [-0.39, 0.29) is 5.01 Å². The molecule has 0 atom stereocenters. The molecule has 1 N–H and O–H groups in total. The van der Waals surface area contributed by atoms with E-state index in [1.54, 1.807) is 0 Å². The van der Waals surface area contributed by atoms with Gasteiger partial charge in [-0.25, -0.2) is 9.78 Å². The van der Waals surface area contributed by atoms with Crippen molar-refractivity contribution < 1.29 is 9.90 Å². The Balaban J connectivity index is 2.46. The number of hydrogen-bond donors (Lipinski definition) is 1. The van der Waals surface area contributed by atoms with Crippen LogP contribution in [0.5, 0.6) is 0 Å². The summed E-state index contributed by atoms with van der Waals surface area (Å²) in [7, 11) is 0. The largest absolute Gasteiger partial charge is 0.476 e. The molecular formula is C9H5BrN2O2S. The van der Waals surface area contributed by atoms with Crippen molar-refractivity contribution in [2.24, 2.45) is 0 Å². The zero-order valence-electron chi connectivity index (χ0n) is 7.35. The van der Waals surface area contributed by atoms with Crippen LogP contribution in [-0.4, -0.2) is 20.4 Å². The fraction of sp³-hybridized carbons (Fsp3) is 0. The first-order valence-corrected chi connectivity index (χ1v) is 5.57. The van der Waals surface area contributed by atoms with E-state index in [1.165, 1.54) is 0 Å². The normalized spacial score (nSPS) is 10.2. The quantitative estimate of drug-likeness (QED) is 0.921. The number of carbonyl (C=O) groups is 1. The molecule has 0 unspecified atom stereocenters. The molecule has 0 bridgehead atoms. The molecule has 1 aromatic heterocycles. The number of nitrogens with zero attached hydrogens (tertiary/aromatic N) is 2. The predicted molar refractivity (Wildman–Crippen MR) is 60.0 cm³/mol. The number of aromatic nitrogens is 2. The molecule has 15 heavy (non-hydrogen) atoms. The number of rotatable bonds is 2. The summed E-state index contributed by atoms with van der Waals surface area (Å²) >= 11 is 4.24. The van der Waals surface area contributed by atoms with E-state index in [1.807, 2.05) is 24.3 Å². The number of aromatic carboxylic acids is 1. The van der Waals surface area contributed by atoms with Crippen molar-refractivity contribution in [2.45, 2.75) is 0 Å². The monoisotopic (exact) mass is 284 g/mol. The second-order valence-corrected chi connectivity index (χ2v) is 4.31. The van der Waals surface area contributed by atoms with E-state index in [0.29, 0.717) is 5.82 Å². The van der Waals surface area contributed by atoms with Gasteiger partial charge in [-0.3, -0.25) is 0 Å². The first-order valence-electron chi connectivity index (χ1n) is 4.00. The highest BCUT2D eigenvalue weighted by Gasteiger charge is 2.13. The molecule has 0 fully saturated rings. The maximum Gasteiger partial charge on any atom is 0.366 e. The van der Waals surface area contributed by atoms with Gasteiger partial charge in [0.1, 0.15) is 0 Å². The fourth-order valence-corrected chi connectivity index (χ4v) is 2.04. The summed E-state index contributed by atoms with van der Waals surface area (Å²) in [5, 5.41) is 8.71. The van der Waals surface area contributed by atoms with Gasteiger partial charge in [0, 0.05) is 10.0 Å². The van der Waals surface area contributed by atoms with Crippen LogP contribution >= 0.6 is 27.5 Å². The van der Waals surface area contributed by atoms with Crippen molar-refractivity contribution in [3.8, 4) is 11.4 Å². The maximum atomic E-state index is 10.6. The Morgan fingerprint density at radius 2 is 2.13 bits per heavy atom. The zero-order chi connectivity index (χ0) is 10.8. The summed E-state index contributed by atoms with van der Waals surface area (Å²) in [6.07, 6.45) is 0. The molecule has 2 aromatic rings. The van der Waals surface area contributed by atoms with E-state index in [4.69, 9.17) is 5.11 Å². The Hall–Kier alpha value is -1.27. The lowest BCUT2D eigenvalue weighted by molar-refractivity contribution is 0.0696. The summed E-state index contributed by atoms with van der Waals surface area (Å²) in [4.78, 5) is 14.5. The van der Waals surface area contributed by atoms with E-state index >= 15 is 0 Å². The summed E-state index contributed by atoms with van der Waals surface area (Å²) < 4.78 is 4.84. The third-order valence-corrected chi connectivity index (χ3v) is 3.12. The Labute approximate surface area is 97.9 Å². The fourth-order valence-electron chi connectivity index (χ4n) is 1.06. The number of carboxylic acid groups (broad SMARTS) is 1. The third-order valence-electron chi connectivity index (χ3n) is 1.72. The molecule has 4 nitrogen and oxygen atoms in total. The highest BCUT2D eigenvalue weighted by atomic mass is 79.9. The van der Waals surface area contributed by atoms with Crippen LogP contribution in [0.3, 0.4) is 0 Å². The standard InChI is InChI=1S/C9H5BrN2O2S/c10-6-4-2-1-3-5(6)7-11-8(9(13)14)15-12-7/h1-4H,(H,13,14). The van der Waals surface area contributed by atoms with Crippen molar-refractivity contribution in [1.82, 2.24) is 9.36 Å². The van der Waals surface area contributed by atoms with Crippen LogP contribution in [0.1, 0.15) is 9.80 Å². The second kappa shape index (κ2) is 4.08. The Kier molecular flexibility index (Phi) is 2.79. The van der Waals surface area contributed by atoms with Gasteiger partial charge >= 0.3 is 5.97 Å². The average Bonchev–Trinajstić information content (AvgIpc) is 2.67.